The molecule has 0 amide bonds. The van der Waals surface area contributed by atoms with E-state index in [1.807, 2.05) is 0 Å². The predicted molar refractivity (Wildman–Crippen MR) is 57.8 cm³/mol. The first kappa shape index (κ1) is 12.9. The summed E-state index contributed by atoms with van der Waals surface area (Å²) in [4.78, 5) is 0. The molecule has 2 heteroatoms. The van der Waals surface area contributed by atoms with Crippen LogP contribution in [0.1, 0.15) is 47.0 Å². The van der Waals surface area contributed by atoms with E-state index in [-0.39, 0.29) is 0 Å². The molecule has 0 aromatic rings. The zero-order valence-electron chi connectivity index (χ0n) is 9.60. The van der Waals surface area contributed by atoms with Crippen LogP contribution in [0.4, 0.5) is 0 Å². The van der Waals surface area contributed by atoms with Crippen molar-refractivity contribution in [1.82, 2.24) is 0 Å². The van der Waals surface area contributed by atoms with Crippen molar-refractivity contribution >= 4 is 0 Å². The van der Waals surface area contributed by atoms with Gasteiger partial charge in [-0.15, -0.1) is 0 Å². The molecule has 0 aromatic heterocycles. The third-order valence-electron chi connectivity index (χ3n) is 2.15. The van der Waals surface area contributed by atoms with Crippen molar-refractivity contribution in [3.8, 4) is 0 Å². The molecular weight excluding hydrogens is 162 g/mol. The van der Waals surface area contributed by atoms with Gasteiger partial charge < -0.3 is 10.5 Å². The second kappa shape index (κ2) is 6.39. The maximum atomic E-state index is 5.76. The molecule has 13 heavy (non-hydrogen) atoms. The highest BCUT2D eigenvalue weighted by atomic mass is 16.5. The van der Waals surface area contributed by atoms with Gasteiger partial charge in [0.25, 0.3) is 0 Å². The zero-order chi connectivity index (χ0) is 10.3. The Morgan fingerprint density at radius 3 is 2.31 bits per heavy atom. The minimum atomic E-state index is 0.314. The SMILES string of the molecule is CCC(N)CCOCCC(C)(C)C. The quantitative estimate of drug-likeness (QED) is 0.649. The summed E-state index contributed by atoms with van der Waals surface area (Å²) in [5.41, 5.74) is 6.14. The third kappa shape index (κ3) is 9.84. The van der Waals surface area contributed by atoms with E-state index in [9.17, 15) is 0 Å². The molecule has 0 rings (SSSR count). The van der Waals surface area contributed by atoms with Gasteiger partial charge >= 0.3 is 0 Å². The summed E-state index contributed by atoms with van der Waals surface area (Å²) in [7, 11) is 0. The fourth-order valence-electron chi connectivity index (χ4n) is 0.919. The van der Waals surface area contributed by atoms with Crippen LogP contribution in [0.2, 0.25) is 0 Å². The summed E-state index contributed by atoms with van der Waals surface area (Å²) in [5, 5.41) is 0. The van der Waals surface area contributed by atoms with Crippen LogP contribution >= 0.6 is 0 Å². The lowest BCUT2D eigenvalue weighted by Gasteiger charge is -2.18. The molecule has 1 unspecified atom stereocenters. The first-order valence-electron chi connectivity index (χ1n) is 5.29. The van der Waals surface area contributed by atoms with Crippen molar-refractivity contribution in [2.24, 2.45) is 11.1 Å². The van der Waals surface area contributed by atoms with Crippen LogP contribution in [0.25, 0.3) is 0 Å². The fraction of sp³-hybridized carbons (Fsp3) is 1.00. The van der Waals surface area contributed by atoms with Gasteiger partial charge in [0.05, 0.1) is 0 Å². The highest BCUT2D eigenvalue weighted by molar-refractivity contribution is 4.61. The number of hydrogen-bond acceptors (Lipinski definition) is 2. The van der Waals surface area contributed by atoms with Crippen LogP contribution < -0.4 is 5.73 Å². The molecule has 0 saturated heterocycles. The van der Waals surface area contributed by atoms with Gasteiger partial charge in [0.1, 0.15) is 0 Å². The minimum Gasteiger partial charge on any atom is -0.381 e. The molecular formula is C11H25NO. The molecule has 0 saturated carbocycles. The summed E-state index contributed by atoms with van der Waals surface area (Å²) in [6.07, 6.45) is 3.15. The van der Waals surface area contributed by atoms with E-state index < -0.39 is 0 Å². The van der Waals surface area contributed by atoms with Crippen molar-refractivity contribution in [2.45, 2.75) is 53.0 Å². The molecule has 0 aliphatic carbocycles. The van der Waals surface area contributed by atoms with Gasteiger partial charge in [-0.05, 0) is 24.7 Å². The van der Waals surface area contributed by atoms with Crippen LogP contribution in [0.3, 0.4) is 0 Å². The van der Waals surface area contributed by atoms with Crippen molar-refractivity contribution < 1.29 is 4.74 Å². The zero-order valence-corrected chi connectivity index (χ0v) is 9.60. The van der Waals surface area contributed by atoms with E-state index in [2.05, 4.69) is 27.7 Å². The Kier molecular flexibility index (Phi) is 6.35. The Balaban J connectivity index is 3.18. The van der Waals surface area contributed by atoms with Gasteiger partial charge in [-0.2, -0.15) is 0 Å². The molecule has 0 aliphatic heterocycles. The van der Waals surface area contributed by atoms with Crippen molar-refractivity contribution in [3.63, 3.8) is 0 Å². The molecule has 2 nitrogen and oxygen atoms in total. The molecule has 0 bridgehead atoms. The number of ether oxygens (including phenoxy) is 1. The Morgan fingerprint density at radius 1 is 1.23 bits per heavy atom. The second-order valence-electron chi connectivity index (χ2n) is 4.88. The van der Waals surface area contributed by atoms with E-state index in [1.165, 1.54) is 0 Å². The fourth-order valence-corrected chi connectivity index (χ4v) is 0.919. The third-order valence-corrected chi connectivity index (χ3v) is 2.15. The monoisotopic (exact) mass is 187 g/mol. The van der Waals surface area contributed by atoms with Crippen LogP contribution in [0.15, 0.2) is 0 Å². The molecule has 0 fully saturated rings. The highest BCUT2D eigenvalue weighted by Gasteiger charge is 2.09. The van der Waals surface area contributed by atoms with Gasteiger partial charge in [0.2, 0.25) is 0 Å². The Labute approximate surface area is 82.8 Å². The second-order valence-corrected chi connectivity index (χ2v) is 4.88. The standard InChI is InChI=1S/C11H25NO/c1-5-10(12)6-8-13-9-7-11(2,3)4/h10H,5-9,12H2,1-4H3. The van der Waals surface area contributed by atoms with Gasteiger partial charge in [-0.3, -0.25) is 0 Å². The molecule has 0 heterocycles. The van der Waals surface area contributed by atoms with Crippen molar-refractivity contribution in [1.29, 1.82) is 0 Å². The lowest BCUT2D eigenvalue weighted by Crippen LogP contribution is -2.21. The van der Waals surface area contributed by atoms with E-state index in [0.29, 0.717) is 11.5 Å². The predicted octanol–water partition coefficient (Wildman–Crippen LogP) is 2.57. The first-order chi connectivity index (χ1) is 5.95. The summed E-state index contributed by atoms with van der Waals surface area (Å²) in [6, 6.07) is 0.314. The van der Waals surface area contributed by atoms with Gasteiger partial charge in [0.15, 0.2) is 0 Å². The number of rotatable bonds is 6. The maximum Gasteiger partial charge on any atom is 0.0480 e. The van der Waals surface area contributed by atoms with Gasteiger partial charge in [-0.1, -0.05) is 27.7 Å². The van der Waals surface area contributed by atoms with Crippen molar-refractivity contribution in [2.75, 3.05) is 13.2 Å². The van der Waals surface area contributed by atoms with E-state index in [1.54, 1.807) is 0 Å². The minimum absolute atomic E-state index is 0.314. The molecule has 0 aromatic carbocycles. The first-order valence-corrected chi connectivity index (χ1v) is 5.29. The van der Waals surface area contributed by atoms with Crippen LogP contribution in [-0.2, 0) is 4.74 Å². The van der Waals surface area contributed by atoms with Crippen molar-refractivity contribution in [3.05, 3.63) is 0 Å². The number of nitrogens with two attached hydrogens (primary N) is 1. The summed E-state index contributed by atoms with van der Waals surface area (Å²) < 4.78 is 5.50. The topological polar surface area (TPSA) is 35.2 Å². The van der Waals surface area contributed by atoms with E-state index >= 15 is 0 Å². The summed E-state index contributed by atoms with van der Waals surface area (Å²) in [6.45, 7) is 10.5. The summed E-state index contributed by atoms with van der Waals surface area (Å²) in [5.74, 6) is 0. The van der Waals surface area contributed by atoms with Gasteiger partial charge in [0, 0.05) is 19.3 Å². The molecule has 80 valence electrons. The molecule has 0 spiro atoms. The number of hydrogen-bond donors (Lipinski definition) is 1. The molecule has 2 N–H and O–H groups in total. The van der Waals surface area contributed by atoms with E-state index in [4.69, 9.17) is 10.5 Å². The van der Waals surface area contributed by atoms with Gasteiger partial charge in [-0.25, -0.2) is 0 Å². The summed E-state index contributed by atoms with van der Waals surface area (Å²) >= 11 is 0. The smallest absolute Gasteiger partial charge is 0.0480 e. The van der Waals surface area contributed by atoms with Crippen LogP contribution in [0, 0.1) is 5.41 Å². The normalized spacial score (nSPS) is 14.5. The average Bonchev–Trinajstić information content (AvgIpc) is 2.01. The van der Waals surface area contributed by atoms with Crippen LogP contribution in [0.5, 0.6) is 0 Å². The van der Waals surface area contributed by atoms with Crippen LogP contribution in [-0.4, -0.2) is 19.3 Å². The lowest BCUT2D eigenvalue weighted by atomic mass is 9.93. The highest BCUT2D eigenvalue weighted by Crippen LogP contribution is 2.17. The lowest BCUT2D eigenvalue weighted by molar-refractivity contribution is 0.102. The largest absolute Gasteiger partial charge is 0.381 e. The Bertz CT molecular complexity index is 118. The van der Waals surface area contributed by atoms with E-state index in [0.717, 1.165) is 32.5 Å². The Morgan fingerprint density at radius 2 is 1.85 bits per heavy atom. The average molecular weight is 187 g/mol. The molecule has 1 atom stereocenters. The molecule has 0 aliphatic rings. The Hall–Kier alpha value is -0.0800. The maximum absolute atomic E-state index is 5.76. The molecule has 0 radical (unpaired) electrons.